The Morgan fingerprint density at radius 2 is 1.78 bits per heavy atom. The Bertz CT molecular complexity index is 2340. The molecule has 5 heterocycles. The van der Waals surface area contributed by atoms with Gasteiger partial charge in [-0.15, -0.1) is 0 Å². The number of hydrogen-bond acceptors (Lipinski definition) is 10. The van der Waals surface area contributed by atoms with Crippen LogP contribution in [0.4, 0.5) is 10.6 Å². The summed E-state index contributed by atoms with van der Waals surface area (Å²) in [5.74, 6) is 6.22. The van der Waals surface area contributed by atoms with Gasteiger partial charge < -0.3 is 15.4 Å². The number of amides is 4. The molecule has 3 aromatic heterocycles. The number of ether oxygens (including phenoxy) is 1. The van der Waals surface area contributed by atoms with Crippen LogP contribution < -0.4 is 21.6 Å². The first-order valence-corrected chi connectivity index (χ1v) is 20.5. The summed E-state index contributed by atoms with van der Waals surface area (Å²) in [5.41, 5.74) is 2.61. The molecule has 3 fully saturated rings. The van der Waals surface area contributed by atoms with Crippen LogP contribution in [0.25, 0.3) is 11.0 Å². The number of nitrogens with one attached hydrogen (secondary N) is 3. The van der Waals surface area contributed by atoms with Gasteiger partial charge in [0, 0.05) is 70.4 Å². The number of carbonyl (C=O) groups is 4. The molecule has 1 aliphatic carbocycles. The van der Waals surface area contributed by atoms with Gasteiger partial charge in [-0.1, -0.05) is 17.9 Å². The van der Waals surface area contributed by atoms with Crippen LogP contribution in [0, 0.1) is 11.8 Å². The number of imide groups is 1. The summed E-state index contributed by atoms with van der Waals surface area (Å²) in [7, 11) is 1.68. The normalized spacial score (nSPS) is 20.4. The average Bonchev–Trinajstić information content (AvgIpc) is 3.98. The molecule has 3 aliphatic rings. The van der Waals surface area contributed by atoms with E-state index in [4.69, 9.17) is 9.84 Å². The maximum Gasteiger partial charge on any atom is 0.407 e. The van der Waals surface area contributed by atoms with E-state index in [-0.39, 0.29) is 53.9 Å². The molecule has 0 spiro atoms. The van der Waals surface area contributed by atoms with Crippen molar-refractivity contribution in [1.29, 1.82) is 0 Å². The summed E-state index contributed by atoms with van der Waals surface area (Å²) >= 11 is 0. The second-order valence-electron chi connectivity index (χ2n) is 17.0. The summed E-state index contributed by atoms with van der Waals surface area (Å²) in [6, 6.07) is 8.45. The van der Waals surface area contributed by atoms with Crippen LogP contribution in [0.3, 0.4) is 0 Å². The maximum absolute atomic E-state index is 13.7. The van der Waals surface area contributed by atoms with Gasteiger partial charge in [0.2, 0.25) is 11.8 Å². The van der Waals surface area contributed by atoms with E-state index < -0.39 is 18.0 Å². The molecule has 2 aliphatic heterocycles. The van der Waals surface area contributed by atoms with Crippen LogP contribution in [0.5, 0.6) is 0 Å². The molecular weight excluding hydrogens is 755 g/mol. The van der Waals surface area contributed by atoms with Crippen molar-refractivity contribution in [1.82, 2.24) is 49.1 Å². The molecule has 1 unspecified atom stereocenters. The number of aromatic nitrogens is 6. The van der Waals surface area contributed by atoms with E-state index in [9.17, 15) is 24.0 Å². The van der Waals surface area contributed by atoms with Crippen LogP contribution in [0.1, 0.15) is 100 Å². The van der Waals surface area contributed by atoms with Crippen LogP contribution in [0.15, 0.2) is 41.3 Å². The largest absolute Gasteiger partial charge is 0.446 e. The van der Waals surface area contributed by atoms with Crippen LogP contribution in [0.2, 0.25) is 0 Å². The Hall–Kier alpha value is -5.73. The number of aryl methyl sites for hydroxylation is 1. The van der Waals surface area contributed by atoms with Gasteiger partial charge in [-0.05, 0) is 78.5 Å². The van der Waals surface area contributed by atoms with Gasteiger partial charge in [0.25, 0.3) is 5.91 Å². The molecule has 1 saturated carbocycles. The van der Waals surface area contributed by atoms with Gasteiger partial charge in [0.05, 0.1) is 40.9 Å². The third-order valence-corrected chi connectivity index (χ3v) is 11.3. The minimum absolute atomic E-state index is 0.00557. The van der Waals surface area contributed by atoms with Gasteiger partial charge >= 0.3 is 11.8 Å². The number of piperidine rings is 1. The molecule has 59 heavy (non-hydrogen) atoms. The van der Waals surface area contributed by atoms with Crippen LogP contribution in [-0.2, 0) is 33.5 Å². The lowest BCUT2D eigenvalue weighted by atomic mass is 10.0. The summed E-state index contributed by atoms with van der Waals surface area (Å²) < 4.78 is 12.2. The van der Waals surface area contributed by atoms with Gasteiger partial charge in [-0.3, -0.25) is 43.3 Å². The zero-order valence-corrected chi connectivity index (χ0v) is 34.8. The van der Waals surface area contributed by atoms with Gasteiger partial charge in [0.1, 0.15) is 23.7 Å². The second kappa shape index (κ2) is 17.2. The Morgan fingerprint density at radius 1 is 1.02 bits per heavy atom. The van der Waals surface area contributed by atoms with E-state index in [1.54, 1.807) is 24.0 Å². The van der Waals surface area contributed by atoms with Crippen LogP contribution >= 0.6 is 0 Å². The van der Waals surface area contributed by atoms with E-state index >= 15 is 0 Å². The van der Waals surface area contributed by atoms with Gasteiger partial charge in [-0.2, -0.15) is 10.2 Å². The number of fused-ring (bicyclic) bond motifs is 1. The monoisotopic (exact) mass is 809 g/mol. The van der Waals surface area contributed by atoms with E-state index in [1.807, 2.05) is 63.6 Å². The lowest BCUT2D eigenvalue weighted by molar-refractivity contribution is -0.135. The summed E-state index contributed by atoms with van der Waals surface area (Å²) in [4.78, 5) is 68.1. The van der Waals surface area contributed by atoms with Crippen molar-refractivity contribution in [2.75, 3.05) is 44.6 Å². The highest BCUT2D eigenvalue weighted by molar-refractivity contribution is 6.02. The van der Waals surface area contributed by atoms with E-state index in [0.29, 0.717) is 47.6 Å². The standard InChI is InChI=1S/C42H55N11O6/c1-27(2)44-40(57)59-30-13-12-29(25-30)31-26-35(53(47-31)42(3,4)5)45-38(55)33-16-17-43-51(33)24-23-50-21-19-49(20-22-50)18-8-10-28-9-7-11-32-37(28)48(6)41(58)52(32)34-14-15-36(54)46-39(34)56/h7,9,11,16-17,26-27,29-30,34H,12-15,18-25H2,1-6H3,(H,44,57)(H,45,55)(H,46,54,56)/t29-,30+,34?/m0/s1. The van der Waals surface area contributed by atoms with Crippen LogP contribution in [-0.4, -0.2) is 114 Å². The fraction of sp³-hybridized carbons (Fsp3) is 0.548. The van der Waals surface area contributed by atoms with Crippen molar-refractivity contribution in [2.45, 2.75) is 103 Å². The second-order valence-corrected chi connectivity index (χ2v) is 17.0. The molecule has 4 aromatic rings. The zero-order chi connectivity index (χ0) is 42.0. The average molecular weight is 810 g/mol. The number of hydrogen-bond donors (Lipinski definition) is 3. The Balaban J connectivity index is 0.921. The molecule has 4 amide bonds. The number of para-hydroxylation sites is 1. The van der Waals surface area contributed by atoms with Crippen molar-refractivity contribution in [3.63, 3.8) is 0 Å². The Labute approximate surface area is 343 Å². The minimum Gasteiger partial charge on any atom is -0.446 e. The minimum atomic E-state index is -0.747. The lowest BCUT2D eigenvalue weighted by Crippen LogP contribution is -2.47. The molecule has 0 bridgehead atoms. The number of carbonyl (C=O) groups excluding carboxylic acids is 4. The molecule has 1 aromatic carbocycles. The number of benzene rings is 1. The number of anilines is 1. The summed E-state index contributed by atoms with van der Waals surface area (Å²) in [5, 5.41) is 17.7. The molecule has 3 atom stereocenters. The van der Waals surface area contributed by atoms with Crippen molar-refractivity contribution >= 4 is 40.7 Å². The predicted octanol–water partition coefficient (Wildman–Crippen LogP) is 3.16. The third-order valence-electron chi connectivity index (χ3n) is 11.3. The number of nitrogens with zero attached hydrogens (tertiary/aromatic N) is 8. The maximum atomic E-state index is 13.7. The zero-order valence-electron chi connectivity index (χ0n) is 34.8. The molecule has 2 saturated heterocycles. The molecule has 17 heteroatoms. The fourth-order valence-electron chi connectivity index (χ4n) is 8.24. The number of rotatable bonds is 10. The lowest BCUT2D eigenvalue weighted by Gasteiger charge is -2.33. The van der Waals surface area contributed by atoms with Gasteiger partial charge in [0.15, 0.2) is 0 Å². The molecule has 17 nitrogen and oxygen atoms in total. The molecule has 7 rings (SSSR count). The number of alkyl carbamates (subject to hydrolysis) is 1. The van der Waals surface area contributed by atoms with Gasteiger partial charge in [-0.25, -0.2) is 14.3 Å². The SMILES string of the molecule is CC(C)NC(=O)O[C@@H]1CC[C@H](c2cc(NC(=O)c3ccnn3CCN3CCN(CC#Cc4cccc5c4n(C)c(=O)n5C4CCC(=O)NC4=O)CC3)n(C(C)(C)C)n2)C1. The third kappa shape index (κ3) is 9.29. The topological polar surface area (TPSA) is 183 Å². The highest BCUT2D eigenvalue weighted by atomic mass is 16.6. The van der Waals surface area contributed by atoms with Crippen molar-refractivity contribution < 1.29 is 23.9 Å². The first-order chi connectivity index (χ1) is 28.2. The first-order valence-electron chi connectivity index (χ1n) is 20.5. The Morgan fingerprint density at radius 3 is 2.51 bits per heavy atom. The number of imidazole rings is 1. The molecular formula is C42H55N11O6. The highest BCUT2D eigenvalue weighted by Gasteiger charge is 2.34. The van der Waals surface area contributed by atoms with E-state index in [0.717, 1.165) is 51.3 Å². The molecule has 0 radical (unpaired) electrons. The molecule has 3 N–H and O–H groups in total. The highest BCUT2D eigenvalue weighted by Crippen LogP contribution is 2.37. The van der Waals surface area contributed by atoms with E-state index in [2.05, 4.69) is 42.7 Å². The first kappa shape index (κ1) is 41.4. The fourth-order valence-corrected chi connectivity index (χ4v) is 8.24. The van der Waals surface area contributed by atoms with Crippen molar-refractivity contribution in [3.05, 3.63) is 64.0 Å². The Kier molecular flexibility index (Phi) is 12.1. The number of piperazine rings is 1. The van der Waals surface area contributed by atoms with Crippen molar-refractivity contribution in [3.8, 4) is 11.8 Å². The van der Waals surface area contributed by atoms with Crippen molar-refractivity contribution in [2.24, 2.45) is 7.05 Å². The quantitative estimate of drug-likeness (QED) is 0.159. The van der Waals surface area contributed by atoms with E-state index in [1.165, 1.54) is 9.13 Å². The predicted molar refractivity (Wildman–Crippen MR) is 221 cm³/mol. The molecule has 314 valence electrons. The summed E-state index contributed by atoms with van der Waals surface area (Å²) in [6.45, 7) is 15.1. The summed E-state index contributed by atoms with van der Waals surface area (Å²) in [6.07, 6.45) is 3.81. The smallest absolute Gasteiger partial charge is 0.407 e.